The predicted octanol–water partition coefficient (Wildman–Crippen LogP) is 0.710. The van der Waals surface area contributed by atoms with Crippen LogP contribution in [-0.4, -0.2) is 23.5 Å². The highest BCUT2D eigenvalue weighted by molar-refractivity contribution is 5.93. The van der Waals surface area contributed by atoms with Gasteiger partial charge in [-0.15, -0.1) is 0 Å². The number of amides is 1. The van der Waals surface area contributed by atoms with Crippen molar-refractivity contribution in [2.75, 3.05) is 6.54 Å². The Kier molecular flexibility index (Phi) is 5.27. The molecule has 0 rings (SSSR count). The molecule has 0 bridgehead atoms. The van der Waals surface area contributed by atoms with E-state index in [1.807, 2.05) is 19.9 Å². The summed E-state index contributed by atoms with van der Waals surface area (Å²) in [5.74, 6) is -1.53. The van der Waals surface area contributed by atoms with E-state index >= 15 is 0 Å². The topological polar surface area (TPSA) is 66.4 Å². The standard InChI is InChI=1S/C9H13NO3/c1-7(2)5-6-10-8(11)3-4-9(12)13/h3-5H,6H2,1-2H3,(H,10,11)(H,12,13)/b4-3+. The Balaban J connectivity index is 3.77. The van der Waals surface area contributed by atoms with Crippen molar-refractivity contribution in [3.05, 3.63) is 23.8 Å². The molecule has 0 saturated carbocycles. The molecule has 0 aromatic carbocycles. The van der Waals surface area contributed by atoms with Gasteiger partial charge in [0.15, 0.2) is 0 Å². The van der Waals surface area contributed by atoms with Crippen molar-refractivity contribution >= 4 is 11.9 Å². The van der Waals surface area contributed by atoms with Gasteiger partial charge in [0.2, 0.25) is 5.91 Å². The molecule has 0 aliphatic carbocycles. The van der Waals surface area contributed by atoms with Gasteiger partial charge >= 0.3 is 5.97 Å². The van der Waals surface area contributed by atoms with E-state index in [1.165, 1.54) is 0 Å². The summed E-state index contributed by atoms with van der Waals surface area (Å²) in [5, 5.41) is 10.7. The summed E-state index contributed by atoms with van der Waals surface area (Å²) in [6.07, 6.45) is 3.63. The molecule has 0 radical (unpaired) electrons. The van der Waals surface area contributed by atoms with Gasteiger partial charge in [-0.3, -0.25) is 4.79 Å². The van der Waals surface area contributed by atoms with Crippen LogP contribution >= 0.6 is 0 Å². The molecule has 4 heteroatoms. The van der Waals surface area contributed by atoms with Crippen LogP contribution in [-0.2, 0) is 9.59 Å². The van der Waals surface area contributed by atoms with Crippen molar-refractivity contribution in [3.63, 3.8) is 0 Å². The van der Waals surface area contributed by atoms with Gasteiger partial charge in [-0.2, -0.15) is 0 Å². The van der Waals surface area contributed by atoms with Crippen molar-refractivity contribution in [1.29, 1.82) is 0 Å². The molecule has 2 N–H and O–H groups in total. The number of nitrogens with one attached hydrogen (secondary N) is 1. The maximum atomic E-state index is 10.8. The molecule has 0 fully saturated rings. The number of carbonyl (C=O) groups is 2. The molecule has 0 saturated heterocycles. The summed E-state index contributed by atoms with van der Waals surface area (Å²) >= 11 is 0. The van der Waals surface area contributed by atoms with Crippen molar-refractivity contribution in [3.8, 4) is 0 Å². The van der Waals surface area contributed by atoms with Gasteiger partial charge in [-0.05, 0) is 13.8 Å². The Morgan fingerprint density at radius 1 is 1.31 bits per heavy atom. The number of carboxylic acids is 1. The van der Waals surface area contributed by atoms with Gasteiger partial charge in [0.25, 0.3) is 0 Å². The maximum absolute atomic E-state index is 10.8. The second-order valence-electron chi connectivity index (χ2n) is 2.70. The van der Waals surface area contributed by atoms with Crippen molar-refractivity contribution < 1.29 is 14.7 Å². The van der Waals surface area contributed by atoms with Crippen LogP contribution in [0.15, 0.2) is 23.8 Å². The van der Waals surface area contributed by atoms with E-state index in [9.17, 15) is 9.59 Å². The molecule has 72 valence electrons. The molecule has 0 aliphatic rings. The van der Waals surface area contributed by atoms with Gasteiger partial charge in [-0.25, -0.2) is 4.79 Å². The van der Waals surface area contributed by atoms with Gasteiger partial charge in [0.1, 0.15) is 0 Å². The summed E-state index contributed by atoms with van der Waals surface area (Å²) in [7, 11) is 0. The second-order valence-corrected chi connectivity index (χ2v) is 2.70. The third-order valence-electron chi connectivity index (χ3n) is 1.16. The highest BCUT2D eigenvalue weighted by Crippen LogP contribution is 1.85. The summed E-state index contributed by atoms with van der Waals surface area (Å²) in [5.41, 5.74) is 1.10. The van der Waals surface area contributed by atoms with Crippen LogP contribution in [0.25, 0.3) is 0 Å². The lowest BCUT2D eigenvalue weighted by Gasteiger charge is -1.96. The first-order valence-corrected chi connectivity index (χ1v) is 3.84. The zero-order valence-electron chi connectivity index (χ0n) is 7.70. The molecular weight excluding hydrogens is 170 g/mol. The molecule has 0 unspecified atom stereocenters. The highest BCUT2D eigenvalue weighted by atomic mass is 16.4. The molecule has 0 spiro atoms. The molecule has 0 aromatic rings. The van der Waals surface area contributed by atoms with Crippen molar-refractivity contribution in [1.82, 2.24) is 5.32 Å². The fourth-order valence-electron chi connectivity index (χ4n) is 0.562. The molecule has 4 nitrogen and oxygen atoms in total. The van der Waals surface area contributed by atoms with Crippen LogP contribution in [0.1, 0.15) is 13.8 Å². The second kappa shape index (κ2) is 5.99. The number of carboxylic acid groups (broad SMARTS) is 1. The first-order valence-electron chi connectivity index (χ1n) is 3.84. The molecule has 0 heterocycles. The largest absolute Gasteiger partial charge is 0.478 e. The summed E-state index contributed by atoms with van der Waals surface area (Å²) in [4.78, 5) is 20.8. The molecular formula is C9H13NO3. The Bertz CT molecular complexity index is 250. The fraction of sp³-hybridized carbons (Fsp3) is 0.333. The number of hydrogen-bond donors (Lipinski definition) is 2. The van der Waals surface area contributed by atoms with E-state index < -0.39 is 11.9 Å². The predicted molar refractivity (Wildman–Crippen MR) is 49.2 cm³/mol. The van der Waals surface area contributed by atoms with Gasteiger partial charge < -0.3 is 10.4 Å². The van der Waals surface area contributed by atoms with E-state index in [2.05, 4.69) is 5.32 Å². The third-order valence-corrected chi connectivity index (χ3v) is 1.16. The molecule has 13 heavy (non-hydrogen) atoms. The lowest BCUT2D eigenvalue weighted by Crippen LogP contribution is -2.21. The quantitative estimate of drug-likeness (QED) is 0.498. The monoisotopic (exact) mass is 183 g/mol. The van der Waals surface area contributed by atoms with Crippen LogP contribution in [0, 0.1) is 0 Å². The molecule has 0 aromatic heterocycles. The Morgan fingerprint density at radius 2 is 1.92 bits per heavy atom. The Morgan fingerprint density at radius 3 is 2.38 bits per heavy atom. The summed E-state index contributed by atoms with van der Waals surface area (Å²) < 4.78 is 0. The minimum atomic E-state index is -1.13. The van der Waals surface area contributed by atoms with E-state index in [1.54, 1.807) is 0 Å². The number of aliphatic carboxylic acids is 1. The number of allylic oxidation sites excluding steroid dienone is 1. The SMILES string of the molecule is CC(C)=CCNC(=O)/C=C/C(=O)O. The lowest BCUT2D eigenvalue weighted by molar-refractivity contribution is -0.131. The normalized spacial score (nSPS) is 9.69. The van der Waals surface area contributed by atoms with Crippen LogP contribution in [0.2, 0.25) is 0 Å². The Hall–Kier alpha value is -1.58. The maximum Gasteiger partial charge on any atom is 0.328 e. The summed E-state index contributed by atoms with van der Waals surface area (Å²) in [6, 6.07) is 0. The van der Waals surface area contributed by atoms with Gasteiger partial charge in [-0.1, -0.05) is 11.6 Å². The highest BCUT2D eigenvalue weighted by Gasteiger charge is 1.93. The van der Waals surface area contributed by atoms with E-state index in [0.29, 0.717) is 6.54 Å². The number of hydrogen-bond acceptors (Lipinski definition) is 2. The van der Waals surface area contributed by atoms with Crippen molar-refractivity contribution in [2.45, 2.75) is 13.8 Å². The number of rotatable bonds is 4. The van der Waals surface area contributed by atoms with Crippen LogP contribution in [0.5, 0.6) is 0 Å². The minimum Gasteiger partial charge on any atom is -0.478 e. The van der Waals surface area contributed by atoms with E-state index in [-0.39, 0.29) is 0 Å². The fourth-order valence-corrected chi connectivity index (χ4v) is 0.562. The average molecular weight is 183 g/mol. The number of carbonyl (C=O) groups excluding carboxylic acids is 1. The lowest BCUT2D eigenvalue weighted by atomic mass is 10.3. The minimum absolute atomic E-state index is 0.403. The third kappa shape index (κ3) is 8.33. The zero-order valence-corrected chi connectivity index (χ0v) is 7.70. The van der Waals surface area contributed by atoms with Gasteiger partial charge in [0.05, 0.1) is 0 Å². The first-order chi connectivity index (χ1) is 6.02. The van der Waals surface area contributed by atoms with Crippen molar-refractivity contribution in [2.24, 2.45) is 0 Å². The van der Waals surface area contributed by atoms with E-state index in [0.717, 1.165) is 17.7 Å². The van der Waals surface area contributed by atoms with Crippen LogP contribution in [0.4, 0.5) is 0 Å². The van der Waals surface area contributed by atoms with Crippen LogP contribution in [0.3, 0.4) is 0 Å². The summed E-state index contributed by atoms with van der Waals surface area (Å²) in [6.45, 7) is 4.25. The molecule has 1 amide bonds. The van der Waals surface area contributed by atoms with E-state index in [4.69, 9.17) is 5.11 Å². The van der Waals surface area contributed by atoms with Gasteiger partial charge in [0, 0.05) is 18.7 Å². The Labute approximate surface area is 76.9 Å². The first kappa shape index (κ1) is 11.4. The molecule has 0 aliphatic heterocycles. The zero-order chi connectivity index (χ0) is 10.3. The smallest absolute Gasteiger partial charge is 0.328 e. The molecule has 0 atom stereocenters. The average Bonchev–Trinajstić information content (AvgIpc) is 2.00. The van der Waals surface area contributed by atoms with Crippen LogP contribution < -0.4 is 5.32 Å².